The highest BCUT2D eigenvalue weighted by Gasteiger charge is 2.17. The van der Waals surface area contributed by atoms with Crippen molar-refractivity contribution in [3.8, 4) is 11.5 Å². The number of rotatable bonds is 8. The molecule has 32 heavy (non-hydrogen) atoms. The Kier molecular flexibility index (Phi) is 7.39. The number of amides is 1. The second kappa shape index (κ2) is 10.6. The Labute approximate surface area is 183 Å². The Morgan fingerprint density at radius 3 is 2.59 bits per heavy atom. The molecule has 3 rings (SSSR count). The number of para-hydroxylation sites is 1. The molecule has 0 spiro atoms. The number of hydrogen-bond acceptors (Lipinski definition) is 8. The number of aldehydes is 1. The number of hydrogen-bond donors (Lipinski definition) is 3. The van der Waals surface area contributed by atoms with Gasteiger partial charge in [-0.3, -0.25) is 25.0 Å². The summed E-state index contributed by atoms with van der Waals surface area (Å²) in [6.07, 6.45) is 7.50. The first-order chi connectivity index (χ1) is 15.5. The molecule has 0 radical (unpaired) electrons. The third-order valence-corrected chi connectivity index (χ3v) is 4.42. The molecule has 0 unspecified atom stereocenters. The van der Waals surface area contributed by atoms with Crippen LogP contribution in [0.15, 0.2) is 61.1 Å². The number of phenols is 1. The van der Waals surface area contributed by atoms with Crippen molar-refractivity contribution in [3.63, 3.8) is 0 Å². The van der Waals surface area contributed by atoms with Gasteiger partial charge in [0, 0.05) is 53.5 Å². The number of nitrogens with one attached hydrogen (secondary N) is 2. The summed E-state index contributed by atoms with van der Waals surface area (Å²) >= 11 is 0. The summed E-state index contributed by atoms with van der Waals surface area (Å²) in [5.74, 6) is -0.988. The van der Waals surface area contributed by atoms with E-state index in [4.69, 9.17) is 4.74 Å². The van der Waals surface area contributed by atoms with Gasteiger partial charge in [-0.15, -0.1) is 0 Å². The van der Waals surface area contributed by atoms with Gasteiger partial charge >= 0.3 is 5.97 Å². The van der Waals surface area contributed by atoms with Gasteiger partial charge in [0.05, 0.1) is 5.69 Å². The first-order valence-corrected chi connectivity index (χ1v) is 9.54. The molecule has 0 bridgehead atoms. The Hall–Kier alpha value is -4.37. The summed E-state index contributed by atoms with van der Waals surface area (Å²) in [5, 5.41) is 9.80. The highest BCUT2D eigenvalue weighted by Crippen LogP contribution is 2.25. The minimum Gasteiger partial charge on any atom is -0.507 e. The molecule has 162 valence electrons. The number of ether oxygens (including phenoxy) is 1. The quantitative estimate of drug-likeness (QED) is 0.214. The first-order valence-electron chi connectivity index (χ1n) is 9.54. The van der Waals surface area contributed by atoms with Crippen LogP contribution in [0.3, 0.4) is 0 Å². The normalized spacial score (nSPS) is 10.7. The summed E-state index contributed by atoms with van der Waals surface area (Å²) in [4.78, 5) is 44.0. The van der Waals surface area contributed by atoms with Gasteiger partial charge in [0.15, 0.2) is 12.0 Å². The van der Waals surface area contributed by atoms with E-state index in [0.717, 1.165) is 6.08 Å². The molecular formula is C23H20N4O5. The van der Waals surface area contributed by atoms with Gasteiger partial charge < -0.3 is 9.84 Å². The van der Waals surface area contributed by atoms with Crippen LogP contribution >= 0.6 is 0 Å². The molecule has 0 fully saturated rings. The van der Waals surface area contributed by atoms with Gasteiger partial charge in [0.25, 0.3) is 5.91 Å². The lowest BCUT2D eigenvalue weighted by atomic mass is 10.1. The fourth-order valence-electron chi connectivity index (χ4n) is 2.78. The van der Waals surface area contributed by atoms with Crippen LogP contribution in [0.4, 0.5) is 0 Å². The molecule has 2 heterocycles. The Bertz CT molecular complexity index is 1160. The van der Waals surface area contributed by atoms with E-state index in [2.05, 4.69) is 20.8 Å². The molecule has 3 N–H and O–H groups in total. The molecule has 3 aromatic rings. The Morgan fingerprint density at radius 2 is 1.88 bits per heavy atom. The molecule has 0 aliphatic heterocycles. The van der Waals surface area contributed by atoms with Crippen molar-refractivity contribution in [2.24, 2.45) is 0 Å². The zero-order valence-corrected chi connectivity index (χ0v) is 17.1. The highest BCUT2D eigenvalue weighted by atomic mass is 16.5. The van der Waals surface area contributed by atoms with Crippen LogP contribution in [0.25, 0.3) is 6.08 Å². The van der Waals surface area contributed by atoms with Crippen molar-refractivity contribution in [1.29, 1.82) is 0 Å². The summed E-state index contributed by atoms with van der Waals surface area (Å²) in [6, 6.07) is 9.62. The number of phenolic OH excluding ortho intramolecular Hbond substituents is 1. The Morgan fingerprint density at radius 1 is 1.12 bits per heavy atom. The maximum atomic E-state index is 12.4. The summed E-state index contributed by atoms with van der Waals surface area (Å²) in [6.45, 7) is 1.63. The van der Waals surface area contributed by atoms with E-state index in [-0.39, 0.29) is 23.6 Å². The lowest BCUT2D eigenvalue weighted by molar-refractivity contribution is -0.129. The van der Waals surface area contributed by atoms with E-state index in [0.29, 0.717) is 28.7 Å². The number of benzene rings is 1. The zero-order valence-electron chi connectivity index (χ0n) is 17.1. The lowest BCUT2D eigenvalue weighted by Gasteiger charge is -2.14. The van der Waals surface area contributed by atoms with Gasteiger partial charge in [-0.25, -0.2) is 10.2 Å². The summed E-state index contributed by atoms with van der Waals surface area (Å²) in [5.41, 5.74) is 7.03. The van der Waals surface area contributed by atoms with E-state index in [9.17, 15) is 19.5 Å². The standard InChI is InChI=1S/C23H20N4O5/c1-15-22(32-21(30)7-6-16-4-2-3-5-20(16)29)19(18(14-28)12-25-15)13-26-27-23(31)17-8-10-24-11-9-17/h2-12,14,26,29H,13H2,1H3,(H,27,31). The van der Waals surface area contributed by atoms with E-state index in [1.165, 1.54) is 30.7 Å². The molecule has 0 atom stereocenters. The largest absolute Gasteiger partial charge is 0.507 e. The lowest BCUT2D eigenvalue weighted by Crippen LogP contribution is -2.37. The van der Waals surface area contributed by atoms with Crippen molar-refractivity contribution in [3.05, 3.63) is 89.0 Å². The predicted octanol–water partition coefficient (Wildman–Crippen LogP) is 2.36. The fourth-order valence-corrected chi connectivity index (χ4v) is 2.78. The first kappa shape index (κ1) is 22.3. The molecule has 9 nitrogen and oxygen atoms in total. The van der Waals surface area contributed by atoms with Crippen molar-refractivity contribution < 1.29 is 24.2 Å². The number of aromatic nitrogens is 2. The van der Waals surface area contributed by atoms with E-state index >= 15 is 0 Å². The molecule has 0 saturated carbocycles. The van der Waals surface area contributed by atoms with Crippen LogP contribution in [-0.2, 0) is 11.3 Å². The van der Waals surface area contributed by atoms with Gasteiger partial charge in [0.2, 0.25) is 0 Å². The summed E-state index contributed by atoms with van der Waals surface area (Å²) in [7, 11) is 0. The van der Waals surface area contributed by atoms with E-state index in [1.807, 2.05) is 0 Å². The van der Waals surface area contributed by atoms with E-state index < -0.39 is 11.9 Å². The van der Waals surface area contributed by atoms with Gasteiger partial charge in [-0.1, -0.05) is 18.2 Å². The number of aromatic hydroxyl groups is 1. The number of pyridine rings is 2. The van der Waals surface area contributed by atoms with Gasteiger partial charge in [0.1, 0.15) is 5.75 Å². The predicted molar refractivity (Wildman–Crippen MR) is 116 cm³/mol. The van der Waals surface area contributed by atoms with Crippen molar-refractivity contribution in [2.75, 3.05) is 0 Å². The minimum absolute atomic E-state index is 0.0000575. The maximum absolute atomic E-state index is 12.4. The van der Waals surface area contributed by atoms with Crippen molar-refractivity contribution >= 4 is 24.2 Å². The van der Waals surface area contributed by atoms with Crippen LogP contribution < -0.4 is 15.6 Å². The van der Waals surface area contributed by atoms with Gasteiger partial charge in [-0.05, 0) is 31.2 Å². The SMILES string of the molecule is Cc1ncc(C=O)c(CNNC(=O)c2ccncc2)c1OC(=O)C=Cc1ccccc1O. The monoisotopic (exact) mass is 432 g/mol. The van der Waals surface area contributed by atoms with Crippen LogP contribution in [-0.4, -0.2) is 33.2 Å². The van der Waals surface area contributed by atoms with Crippen molar-refractivity contribution in [2.45, 2.75) is 13.5 Å². The average molecular weight is 432 g/mol. The number of carbonyl (C=O) groups is 3. The molecule has 9 heteroatoms. The zero-order chi connectivity index (χ0) is 22.9. The number of hydrazine groups is 1. The maximum Gasteiger partial charge on any atom is 0.336 e. The second-order valence-electron chi connectivity index (χ2n) is 6.58. The smallest absolute Gasteiger partial charge is 0.336 e. The van der Waals surface area contributed by atoms with Crippen LogP contribution in [0.5, 0.6) is 11.5 Å². The second-order valence-corrected chi connectivity index (χ2v) is 6.58. The molecule has 0 aliphatic carbocycles. The third kappa shape index (κ3) is 5.61. The molecule has 0 saturated heterocycles. The number of esters is 1. The number of aryl methyl sites for hydroxylation is 1. The topological polar surface area (TPSA) is 131 Å². The van der Waals surface area contributed by atoms with E-state index in [1.54, 1.807) is 37.3 Å². The highest BCUT2D eigenvalue weighted by molar-refractivity contribution is 5.93. The average Bonchev–Trinajstić information content (AvgIpc) is 2.81. The number of carbonyl (C=O) groups excluding carboxylic acids is 3. The van der Waals surface area contributed by atoms with Crippen LogP contribution in [0.2, 0.25) is 0 Å². The fraction of sp³-hybridized carbons (Fsp3) is 0.0870. The van der Waals surface area contributed by atoms with Gasteiger partial charge in [-0.2, -0.15) is 0 Å². The molecule has 1 amide bonds. The molecule has 0 aliphatic rings. The Balaban J connectivity index is 1.74. The minimum atomic E-state index is -0.719. The third-order valence-electron chi connectivity index (χ3n) is 4.42. The number of nitrogens with zero attached hydrogens (tertiary/aromatic N) is 2. The molecular weight excluding hydrogens is 412 g/mol. The molecule has 1 aromatic carbocycles. The van der Waals surface area contributed by atoms with Crippen LogP contribution in [0.1, 0.15) is 37.5 Å². The van der Waals surface area contributed by atoms with Crippen LogP contribution in [0, 0.1) is 6.92 Å². The molecule has 2 aromatic heterocycles. The summed E-state index contributed by atoms with van der Waals surface area (Å²) < 4.78 is 5.43. The van der Waals surface area contributed by atoms with Crippen molar-refractivity contribution in [1.82, 2.24) is 20.8 Å².